The minimum Gasteiger partial charge on any atom is -0.368 e. The van der Waals surface area contributed by atoms with Crippen LogP contribution in [-0.2, 0) is 4.79 Å². The Morgan fingerprint density at radius 1 is 1.19 bits per heavy atom. The van der Waals surface area contributed by atoms with Crippen molar-refractivity contribution in [2.45, 2.75) is 25.8 Å². The summed E-state index contributed by atoms with van der Waals surface area (Å²) in [5.41, 5.74) is 10.7. The van der Waals surface area contributed by atoms with Gasteiger partial charge in [0.15, 0.2) is 0 Å². The number of hydrogen-bond donors (Lipinski definition) is 2. The average Bonchev–Trinajstić information content (AvgIpc) is 2.28. The van der Waals surface area contributed by atoms with E-state index in [9.17, 15) is 4.79 Å². The summed E-state index contributed by atoms with van der Waals surface area (Å²) in [6.07, 6.45) is 1.88. The van der Waals surface area contributed by atoms with Crippen LogP contribution in [0.1, 0.15) is 19.8 Å². The summed E-state index contributed by atoms with van der Waals surface area (Å²) in [4.78, 5) is 15.6. The molecule has 1 rings (SSSR count). The number of hydrogen-bond acceptors (Lipinski definition) is 4. The number of primary amides is 1. The van der Waals surface area contributed by atoms with Crippen LogP contribution in [-0.4, -0.2) is 61.0 Å². The van der Waals surface area contributed by atoms with E-state index in [0.717, 1.165) is 32.7 Å². The second-order valence-corrected chi connectivity index (χ2v) is 4.48. The number of carbonyl (C=O) groups excluding carboxylic acids is 1. The van der Waals surface area contributed by atoms with Gasteiger partial charge in [-0.05, 0) is 19.4 Å². The lowest BCUT2D eigenvalue weighted by Gasteiger charge is -2.34. The van der Waals surface area contributed by atoms with Gasteiger partial charge in [0, 0.05) is 32.7 Å². The minimum absolute atomic E-state index is 0.399. The Morgan fingerprint density at radius 2 is 1.69 bits per heavy atom. The number of nitrogens with zero attached hydrogens (tertiary/aromatic N) is 2. The van der Waals surface area contributed by atoms with E-state index in [1.54, 1.807) is 0 Å². The zero-order valence-corrected chi connectivity index (χ0v) is 10.2. The lowest BCUT2D eigenvalue weighted by molar-refractivity contribution is -0.119. The molecule has 16 heavy (non-hydrogen) atoms. The summed E-state index contributed by atoms with van der Waals surface area (Å²) < 4.78 is 0. The first kappa shape index (κ1) is 13.4. The van der Waals surface area contributed by atoms with Crippen LogP contribution >= 0.6 is 0 Å². The zero-order chi connectivity index (χ0) is 12.0. The molecule has 1 aliphatic rings. The standard InChI is InChI=1S/C11H24N4O/c1-2-4-14-6-8-15(9-7-14)5-3-10(12)11(13)16/h10H,2-9,12H2,1H3,(H2,13,16). The molecule has 1 atom stereocenters. The predicted molar refractivity (Wildman–Crippen MR) is 65.0 cm³/mol. The Labute approximate surface area is 97.7 Å². The van der Waals surface area contributed by atoms with Crippen molar-refractivity contribution in [2.24, 2.45) is 11.5 Å². The molecule has 4 N–H and O–H groups in total. The SMILES string of the molecule is CCCN1CCN(CCC(N)C(N)=O)CC1. The highest BCUT2D eigenvalue weighted by Gasteiger charge is 2.17. The molecule has 1 fully saturated rings. The van der Waals surface area contributed by atoms with E-state index < -0.39 is 11.9 Å². The van der Waals surface area contributed by atoms with Crippen molar-refractivity contribution in [2.75, 3.05) is 39.3 Å². The van der Waals surface area contributed by atoms with Crippen LogP contribution in [0.15, 0.2) is 0 Å². The van der Waals surface area contributed by atoms with Crippen molar-refractivity contribution in [1.29, 1.82) is 0 Å². The number of nitrogens with two attached hydrogens (primary N) is 2. The minimum atomic E-state index is -0.492. The van der Waals surface area contributed by atoms with Crippen molar-refractivity contribution in [3.05, 3.63) is 0 Å². The van der Waals surface area contributed by atoms with Crippen molar-refractivity contribution >= 4 is 5.91 Å². The van der Waals surface area contributed by atoms with Crippen molar-refractivity contribution in [3.63, 3.8) is 0 Å². The number of carbonyl (C=O) groups is 1. The van der Waals surface area contributed by atoms with Crippen molar-refractivity contribution in [3.8, 4) is 0 Å². The second kappa shape index (κ2) is 6.83. The normalized spacial score (nSPS) is 20.9. The predicted octanol–water partition coefficient (Wildman–Crippen LogP) is -0.783. The van der Waals surface area contributed by atoms with Gasteiger partial charge in [-0.2, -0.15) is 0 Å². The lowest BCUT2D eigenvalue weighted by atomic mass is 10.2. The third-order valence-electron chi connectivity index (χ3n) is 3.13. The molecule has 0 aliphatic carbocycles. The van der Waals surface area contributed by atoms with Gasteiger partial charge >= 0.3 is 0 Å². The Kier molecular flexibility index (Phi) is 5.73. The molecular weight excluding hydrogens is 204 g/mol. The van der Waals surface area contributed by atoms with E-state index in [0.29, 0.717) is 6.42 Å². The number of piperazine rings is 1. The van der Waals surface area contributed by atoms with E-state index in [4.69, 9.17) is 11.5 Å². The molecule has 0 aromatic carbocycles. The molecular formula is C11H24N4O. The maximum atomic E-state index is 10.8. The van der Waals surface area contributed by atoms with Gasteiger partial charge in [0.1, 0.15) is 0 Å². The Bertz CT molecular complexity index is 214. The van der Waals surface area contributed by atoms with Gasteiger partial charge in [0.2, 0.25) is 5.91 Å². The molecule has 1 aliphatic heterocycles. The second-order valence-electron chi connectivity index (χ2n) is 4.48. The van der Waals surface area contributed by atoms with Gasteiger partial charge in [-0.3, -0.25) is 4.79 Å². The molecule has 0 saturated carbocycles. The number of amides is 1. The first-order valence-corrected chi connectivity index (χ1v) is 6.13. The summed E-state index contributed by atoms with van der Waals surface area (Å²) in [7, 11) is 0. The van der Waals surface area contributed by atoms with E-state index in [-0.39, 0.29) is 0 Å². The largest absolute Gasteiger partial charge is 0.368 e. The van der Waals surface area contributed by atoms with Gasteiger partial charge in [-0.15, -0.1) is 0 Å². The molecule has 1 heterocycles. The molecule has 94 valence electrons. The average molecular weight is 228 g/mol. The maximum absolute atomic E-state index is 10.8. The van der Waals surface area contributed by atoms with Crippen molar-refractivity contribution in [1.82, 2.24) is 9.80 Å². The van der Waals surface area contributed by atoms with Crippen LogP contribution in [0.2, 0.25) is 0 Å². The molecule has 0 aromatic heterocycles. The molecule has 0 aromatic rings. The van der Waals surface area contributed by atoms with Gasteiger partial charge < -0.3 is 21.3 Å². The molecule has 1 amide bonds. The fourth-order valence-corrected chi connectivity index (χ4v) is 2.02. The third kappa shape index (κ3) is 4.47. The van der Waals surface area contributed by atoms with Crippen LogP contribution in [0.4, 0.5) is 0 Å². The van der Waals surface area contributed by atoms with E-state index >= 15 is 0 Å². The Hall–Kier alpha value is -0.650. The summed E-state index contributed by atoms with van der Waals surface area (Å²) in [6, 6.07) is -0.492. The highest BCUT2D eigenvalue weighted by atomic mass is 16.1. The molecule has 5 heteroatoms. The molecule has 0 spiro atoms. The van der Waals surface area contributed by atoms with Crippen LogP contribution in [0, 0.1) is 0 Å². The van der Waals surface area contributed by atoms with Crippen LogP contribution in [0.3, 0.4) is 0 Å². The fraction of sp³-hybridized carbons (Fsp3) is 0.909. The summed E-state index contributed by atoms with van der Waals surface area (Å²) >= 11 is 0. The van der Waals surface area contributed by atoms with Crippen LogP contribution in [0.5, 0.6) is 0 Å². The molecule has 0 bridgehead atoms. The maximum Gasteiger partial charge on any atom is 0.234 e. The van der Waals surface area contributed by atoms with E-state index in [1.165, 1.54) is 13.0 Å². The summed E-state index contributed by atoms with van der Waals surface area (Å²) in [6.45, 7) is 8.67. The first-order chi connectivity index (χ1) is 7.63. The topological polar surface area (TPSA) is 75.6 Å². The quantitative estimate of drug-likeness (QED) is 0.625. The fourth-order valence-electron chi connectivity index (χ4n) is 2.02. The smallest absolute Gasteiger partial charge is 0.234 e. The third-order valence-corrected chi connectivity index (χ3v) is 3.13. The highest BCUT2D eigenvalue weighted by molar-refractivity contribution is 5.79. The molecule has 1 saturated heterocycles. The van der Waals surface area contributed by atoms with E-state index in [1.807, 2.05) is 0 Å². The molecule has 5 nitrogen and oxygen atoms in total. The van der Waals surface area contributed by atoms with Gasteiger partial charge in [-0.25, -0.2) is 0 Å². The van der Waals surface area contributed by atoms with Crippen LogP contribution < -0.4 is 11.5 Å². The Balaban J connectivity index is 2.14. The van der Waals surface area contributed by atoms with E-state index in [2.05, 4.69) is 16.7 Å². The lowest BCUT2D eigenvalue weighted by Crippen LogP contribution is -2.48. The summed E-state index contributed by atoms with van der Waals surface area (Å²) in [5, 5.41) is 0. The van der Waals surface area contributed by atoms with Crippen LogP contribution in [0.25, 0.3) is 0 Å². The van der Waals surface area contributed by atoms with Gasteiger partial charge in [0.05, 0.1) is 6.04 Å². The van der Waals surface area contributed by atoms with Gasteiger partial charge in [0.25, 0.3) is 0 Å². The van der Waals surface area contributed by atoms with Gasteiger partial charge in [-0.1, -0.05) is 6.92 Å². The first-order valence-electron chi connectivity index (χ1n) is 6.13. The monoisotopic (exact) mass is 228 g/mol. The molecule has 0 radical (unpaired) electrons. The summed E-state index contributed by atoms with van der Waals surface area (Å²) in [5.74, 6) is -0.399. The molecule has 1 unspecified atom stereocenters. The Morgan fingerprint density at radius 3 is 2.12 bits per heavy atom. The van der Waals surface area contributed by atoms with Crippen molar-refractivity contribution < 1.29 is 4.79 Å². The zero-order valence-electron chi connectivity index (χ0n) is 10.2. The highest BCUT2D eigenvalue weighted by Crippen LogP contribution is 2.03. The number of rotatable bonds is 6.